The number of nitrogens with zero attached hydrogens (tertiary/aromatic N) is 2. The minimum atomic E-state index is -0.470. The van der Waals surface area contributed by atoms with Gasteiger partial charge in [-0.3, -0.25) is 14.9 Å². The first-order valence-corrected chi connectivity index (χ1v) is 8.90. The van der Waals surface area contributed by atoms with Crippen molar-refractivity contribution < 1.29 is 14.5 Å². The van der Waals surface area contributed by atoms with Crippen LogP contribution in [0, 0.1) is 10.1 Å². The van der Waals surface area contributed by atoms with Gasteiger partial charge in [0.2, 0.25) is 0 Å². The van der Waals surface area contributed by atoms with Crippen molar-refractivity contribution in [3.8, 4) is 16.9 Å². The molecule has 3 aromatic carbocycles. The van der Waals surface area contributed by atoms with E-state index in [-0.39, 0.29) is 12.3 Å². The van der Waals surface area contributed by atoms with Gasteiger partial charge in [0.15, 0.2) is 6.61 Å². The molecular formula is C22H19N3O4. The van der Waals surface area contributed by atoms with Crippen LogP contribution in [0.3, 0.4) is 0 Å². The van der Waals surface area contributed by atoms with Crippen molar-refractivity contribution in [1.29, 1.82) is 0 Å². The number of nitro benzene ring substituents is 1. The number of hydrogen-bond donors (Lipinski definition) is 1. The number of hydrazone groups is 1. The number of carbonyl (C=O) groups excluding carboxylic acids is 1. The zero-order chi connectivity index (χ0) is 20.6. The van der Waals surface area contributed by atoms with Crippen molar-refractivity contribution >= 4 is 17.3 Å². The molecule has 146 valence electrons. The molecule has 0 aromatic heterocycles. The zero-order valence-electron chi connectivity index (χ0n) is 15.7. The number of hydrogen-bond acceptors (Lipinski definition) is 5. The molecule has 7 nitrogen and oxygen atoms in total. The minimum Gasteiger partial charge on any atom is -0.483 e. The third-order valence-electron chi connectivity index (χ3n) is 4.17. The van der Waals surface area contributed by atoms with E-state index in [1.165, 1.54) is 12.1 Å². The molecule has 0 heterocycles. The number of benzene rings is 3. The second kappa shape index (κ2) is 9.27. The summed E-state index contributed by atoms with van der Waals surface area (Å²) in [4.78, 5) is 22.3. The predicted octanol–water partition coefficient (Wildman–Crippen LogP) is 4.18. The lowest BCUT2D eigenvalue weighted by atomic mass is 10.1. The minimum absolute atomic E-state index is 0.00364. The molecule has 0 bridgehead atoms. The number of nitrogens with one attached hydrogen (secondary N) is 1. The molecule has 0 atom stereocenters. The van der Waals surface area contributed by atoms with Gasteiger partial charge in [-0.15, -0.1) is 0 Å². The molecule has 0 unspecified atom stereocenters. The van der Waals surface area contributed by atoms with E-state index in [0.717, 1.165) is 11.1 Å². The number of amides is 1. The number of para-hydroxylation sites is 1. The Labute approximate surface area is 167 Å². The molecule has 0 aliphatic rings. The van der Waals surface area contributed by atoms with Crippen LogP contribution in [0.15, 0.2) is 84.0 Å². The van der Waals surface area contributed by atoms with E-state index in [2.05, 4.69) is 10.5 Å². The lowest BCUT2D eigenvalue weighted by Gasteiger charge is -2.11. The van der Waals surface area contributed by atoms with Gasteiger partial charge >= 0.3 is 0 Å². The first-order chi connectivity index (χ1) is 14.0. The monoisotopic (exact) mass is 389 g/mol. The Morgan fingerprint density at radius 2 is 1.66 bits per heavy atom. The smallest absolute Gasteiger partial charge is 0.277 e. The van der Waals surface area contributed by atoms with Crippen LogP contribution in [-0.4, -0.2) is 23.1 Å². The third-order valence-corrected chi connectivity index (χ3v) is 4.17. The molecule has 0 saturated carbocycles. The number of nitro groups is 1. The Morgan fingerprint density at radius 1 is 1.00 bits per heavy atom. The van der Waals surface area contributed by atoms with Gasteiger partial charge in [0.1, 0.15) is 5.75 Å². The molecule has 1 amide bonds. The van der Waals surface area contributed by atoms with Crippen molar-refractivity contribution in [3.63, 3.8) is 0 Å². The van der Waals surface area contributed by atoms with Crippen LogP contribution < -0.4 is 10.2 Å². The highest BCUT2D eigenvalue weighted by Gasteiger charge is 2.09. The fraction of sp³-hybridized carbons (Fsp3) is 0.0909. The summed E-state index contributed by atoms with van der Waals surface area (Å²) in [5.41, 5.74) is 5.52. The molecular weight excluding hydrogens is 370 g/mol. The summed E-state index contributed by atoms with van der Waals surface area (Å²) >= 11 is 0. The molecule has 3 aromatic rings. The molecule has 0 spiro atoms. The molecule has 0 fully saturated rings. The van der Waals surface area contributed by atoms with E-state index in [9.17, 15) is 14.9 Å². The van der Waals surface area contributed by atoms with Gasteiger partial charge in [-0.05, 0) is 36.2 Å². The first kappa shape index (κ1) is 19.8. The Bertz CT molecular complexity index is 1030. The summed E-state index contributed by atoms with van der Waals surface area (Å²) in [7, 11) is 0. The highest BCUT2D eigenvalue weighted by molar-refractivity contribution is 5.99. The maximum atomic E-state index is 12.1. The molecule has 1 N–H and O–H groups in total. The fourth-order valence-corrected chi connectivity index (χ4v) is 2.66. The number of carbonyl (C=O) groups is 1. The van der Waals surface area contributed by atoms with E-state index < -0.39 is 10.8 Å². The van der Waals surface area contributed by atoms with E-state index >= 15 is 0 Å². The largest absolute Gasteiger partial charge is 0.483 e. The Balaban J connectivity index is 1.61. The summed E-state index contributed by atoms with van der Waals surface area (Å²) in [5, 5.41) is 14.7. The van der Waals surface area contributed by atoms with Crippen LogP contribution in [-0.2, 0) is 4.79 Å². The van der Waals surface area contributed by atoms with Crippen molar-refractivity contribution in [3.05, 3.63) is 94.5 Å². The summed E-state index contributed by atoms with van der Waals surface area (Å²) in [6, 6.07) is 23.2. The van der Waals surface area contributed by atoms with Crippen molar-refractivity contribution in [2.75, 3.05) is 6.61 Å². The number of non-ortho nitro benzene ring substituents is 1. The lowest BCUT2D eigenvalue weighted by Crippen LogP contribution is -2.25. The molecule has 7 heteroatoms. The Kier molecular flexibility index (Phi) is 6.32. The van der Waals surface area contributed by atoms with Gasteiger partial charge in [-0.2, -0.15) is 5.10 Å². The van der Waals surface area contributed by atoms with Crippen LogP contribution in [0.1, 0.15) is 12.5 Å². The topological polar surface area (TPSA) is 93.8 Å². The highest BCUT2D eigenvalue weighted by Crippen LogP contribution is 2.29. The highest BCUT2D eigenvalue weighted by atomic mass is 16.6. The SMILES string of the molecule is C/C(=N\NC(=O)COc1ccccc1-c1ccccc1)c1ccc([N+](=O)[O-])cc1. The predicted molar refractivity (Wildman–Crippen MR) is 111 cm³/mol. The van der Waals surface area contributed by atoms with E-state index in [1.54, 1.807) is 25.1 Å². The van der Waals surface area contributed by atoms with E-state index in [4.69, 9.17) is 4.74 Å². The number of ether oxygens (including phenoxy) is 1. The molecule has 0 saturated heterocycles. The normalized spacial score (nSPS) is 11.0. The number of rotatable bonds is 7. The van der Waals surface area contributed by atoms with Crippen LogP contribution in [0.5, 0.6) is 5.75 Å². The van der Waals surface area contributed by atoms with Crippen molar-refractivity contribution in [2.45, 2.75) is 6.92 Å². The zero-order valence-corrected chi connectivity index (χ0v) is 15.7. The summed E-state index contributed by atoms with van der Waals surface area (Å²) < 4.78 is 5.68. The maximum absolute atomic E-state index is 12.1. The molecule has 0 aliphatic heterocycles. The molecule has 0 radical (unpaired) electrons. The van der Waals surface area contributed by atoms with Crippen molar-refractivity contribution in [2.24, 2.45) is 5.10 Å². The lowest BCUT2D eigenvalue weighted by molar-refractivity contribution is -0.384. The maximum Gasteiger partial charge on any atom is 0.277 e. The van der Waals surface area contributed by atoms with Gasteiger partial charge in [0.25, 0.3) is 11.6 Å². The average molecular weight is 389 g/mol. The van der Waals surface area contributed by atoms with Gasteiger partial charge in [0.05, 0.1) is 10.6 Å². The van der Waals surface area contributed by atoms with E-state index in [0.29, 0.717) is 17.0 Å². The van der Waals surface area contributed by atoms with Crippen molar-refractivity contribution in [1.82, 2.24) is 5.43 Å². The Hall–Kier alpha value is -4.00. The average Bonchev–Trinajstić information content (AvgIpc) is 2.77. The standard InChI is InChI=1S/C22H19N3O4/c1-16(17-11-13-19(14-12-17)25(27)28)23-24-22(26)15-29-21-10-6-5-9-20(21)18-7-3-2-4-8-18/h2-14H,15H2,1H3,(H,24,26)/b23-16+. The van der Waals surface area contributed by atoms with Crippen LogP contribution >= 0.6 is 0 Å². The molecule has 3 rings (SSSR count). The second-order valence-electron chi connectivity index (χ2n) is 6.19. The molecule has 29 heavy (non-hydrogen) atoms. The summed E-state index contributed by atoms with van der Waals surface area (Å²) in [6.07, 6.45) is 0. The van der Waals surface area contributed by atoms with Gasteiger partial charge in [-0.25, -0.2) is 5.43 Å². The van der Waals surface area contributed by atoms with Crippen LogP contribution in [0.25, 0.3) is 11.1 Å². The Morgan fingerprint density at radius 3 is 2.34 bits per heavy atom. The fourth-order valence-electron chi connectivity index (χ4n) is 2.66. The summed E-state index contributed by atoms with van der Waals surface area (Å²) in [5.74, 6) is 0.194. The van der Waals surface area contributed by atoms with Crippen LogP contribution in [0.2, 0.25) is 0 Å². The van der Waals surface area contributed by atoms with Crippen LogP contribution in [0.4, 0.5) is 5.69 Å². The first-order valence-electron chi connectivity index (χ1n) is 8.90. The summed E-state index contributed by atoms with van der Waals surface area (Å²) in [6.45, 7) is 1.51. The second-order valence-corrected chi connectivity index (χ2v) is 6.19. The van der Waals surface area contributed by atoms with Gasteiger partial charge < -0.3 is 4.74 Å². The van der Waals surface area contributed by atoms with E-state index in [1.807, 2.05) is 48.5 Å². The third kappa shape index (κ3) is 5.26. The quantitative estimate of drug-likeness (QED) is 0.373. The van der Waals surface area contributed by atoms with Gasteiger partial charge in [0, 0.05) is 17.7 Å². The molecule has 0 aliphatic carbocycles. The van der Waals surface area contributed by atoms with Gasteiger partial charge in [-0.1, -0.05) is 48.5 Å².